The van der Waals surface area contributed by atoms with Crippen molar-refractivity contribution >= 4 is 15.9 Å². The van der Waals surface area contributed by atoms with Gasteiger partial charge in [0.05, 0.1) is 18.6 Å². The smallest absolute Gasteiger partial charge is 0.282 e. The van der Waals surface area contributed by atoms with E-state index in [2.05, 4.69) is 33.1 Å². The molecule has 0 unspecified atom stereocenters. The second-order valence-electron chi connectivity index (χ2n) is 10.3. The number of imidazole rings is 1. The summed E-state index contributed by atoms with van der Waals surface area (Å²) in [4.78, 5) is 9.93. The molecule has 1 aromatic heterocycles. The van der Waals surface area contributed by atoms with Gasteiger partial charge >= 0.3 is 0 Å². The molecule has 1 N–H and O–H groups in total. The van der Waals surface area contributed by atoms with Crippen LogP contribution in [-0.4, -0.2) is 52.7 Å². The molecule has 2 aromatic rings. The van der Waals surface area contributed by atoms with Crippen LogP contribution < -0.4 is 4.90 Å². The minimum Gasteiger partial charge on any atom is -0.361 e. The van der Waals surface area contributed by atoms with E-state index in [1.165, 1.54) is 32.1 Å². The van der Waals surface area contributed by atoms with Crippen LogP contribution in [0.15, 0.2) is 36.8 Å². The SMILES string of the molecule is O=S(=O)(N1CCCCCC1)N1Cc2ccccc2N(Cc2cnc[nH]2)[C@@H](CCC2CCCC2)C1. The Kier molecular flexibility index (Phi) is 7.56. The molecule has 0 bridgehead atoms. The summed E-state index contributed by atoms with van der Waals surface area (Å²) < 4.78 is 31.3. The Morgan fingerprint density at radius 2 is 1.71 bits per heavy atom. The Labute approximate surface area is 204 Å². The third-order valence-corrected chi connectivity index (χ3v) is 9.95. The largest absolute Gasteiger partial charge is 0.361 e. The predicted molar refractivity (Wildman–Crippen MR) is 136 cm³/mol. The maximum Gasteiger partial charge on any atom is 0.282 e. The second-order valence-corrected chi connectivity index (χ2v) is 12.3. The highest BCUT2D eigenvalue weighted by molar-refractivity contribution is 7.86. The number of rotatable bonds is 7. The number of hydrogen-bond acceptors (Lipinski definition) is 4. The van der Waals surface area contributed by atoms with Crippen molar-refractivity contribution in [3.8, 4) is 0 Å². The van der Waals surface area contributed by atoms with E-state index >= 15 is 0 Å². The van der Waals surface area contributed by atoms with Gasteiger partial charge in [0.25, 0.3) is 10.2 Å². The van der Waals surface area contributed by atoms with E-state index < -0.39 is 10.2 Å². The van der Waals surface area contributed by atoms with Crippen LogP contribution in [0, 0.1) is 5.92 Å². The van der Waals surface area contributed by atoms with Gasteiger partial charge in [-0.1, -0.05) is 56.7 Å². The van der Waals surface area contributed by atoms with Gasteiger partial charge in [0, 0.05) is 44.1 Å². The summed E-state index contributed by atoms with van der Waals surface area (Å²) in [7, 11) is -3.51. The third-order valence-electron chi connectivity index (χ3n) is 8.00. The van der Waals surface area contributed by atoms with Gasteiger partial charge < -0.3 is 9.88 Å². The predicted octanol–water partition coefficient (Wildman–Crippen LogP) is 4.69. The van der Waals surface area contributed by atoms with Crippen LogP contribution in [0.2, 0.25) is 0 Å². The fourth-order valence-electron chi connectivity index (χ4n) is 6.06. The van der Waals surface area contributed by atoms with E-state index in [1.54, 1.807) is 14.9 Å². The number of H-pyrrole nitrogens is 1. The molecule has 1 saturated heterocycles. The van der Waals surface area contributed by atoms with Gasteiger partial charge in [-0.15, -0.1) is 0 Å². The zero-order chi connectivity index (χ0) is 23.4. The normalized spacial score (nSPS) is 23.5. The Hall–Kier alpha value is -1.90. The standard InChI is InChI=1S/C26H39N5O2S/c32-34(33,29-15-7-1-2-8-16-29)30-18-23-11-5-6-12-26(23)31(19-24-17-27-21-28-24)25(20-30)14-13-22-9-3-4-10-22/h5-6,11-12,17,21-22,25H,1-4,7-10,13-16,18-20H2,(H,27,28)/t25-/m0/s1. The molecule has 3 heterocycles. The Balaban J connectivity index is 1.46. The van der Waals surface area contributed by atoms with E-state index in [9.17, 15) is 8.42 Å². The third kappa shape index (κ3) is 5.34. The van der Waals surface area contributed by atoms with Gasteiger partial charge in [-0.25, -0.2) is 4.98 Å². The lowest BCUT2D eigenvalue weighted by Crippen LogP contribution is -2.48. The van der Waals surface area contributed by atoms with Crippen molar-refractivity contribution in [2.24, 2.45) is 5.92 Å². The number of anilines is 1. The molecule has 1 aromatic carbocycles. The zero-order valence-corrected chi connectivity index (χ0v) is 21.1. The van der Waals surface area contributed by atoms with Crippen LogP contribution in [0.3, 0.4) is 0 Å². The Bertz CT molecular complexity index is 1010. The van der Waals surface area contributed by atoms with Crippen molar-refractivity contribution in [1.29, 1.82) is 0 Å². The number of para-hydroxylation sites is 1. The average molecular weight is 486 g/mol. The van der Waals surface area contributed by atoms with E-state index in [-0.39, 0.29) is 6.04 Å². The first-order valence-electron chi connectivity index (χ1n) is 13.2. The van der Waals surface area contributed by atoms with Crippen LogP contribution >= 0.6 is 0 Å². The maximum atomic E-state index is 13.9. The van der Waals surface area contributed by atoms with E-state index in [4.69, 9.17) is 0 Å². The maximum absolute atomic E-state index is 13.9. The number of aromatic amines is 1. The lowest BCUT2D eigenvalue weighted by molar-refractivity contribution is 0.312. The van der Waals surface area contributed by atoms with Crippen LogP contribution in [0.5, 0.6) is 0 Å². The fraction of sp³-hybridized carbons (Fsp3) is 0.654. The first kappa shape index (κ1) is 23.8. The molecule has 0 spiro atoms. The molecular formula is C26H39N5O2S. The quantitative estimate of drug-likeness (QED) is 0.617. The van der Waals surface area contributed by atoms with E-state index in [1.807, 2.05) is 12.3 Å². The highest BCUT2D eigenvalue weighted by atomic mass is 32.2. The van der Waals surface area contributed by atoms with Crippen molar-refractivity contribution in [1.82, 2.24) is 18.6 Å². The average Bonchev–Trinajstić information content (AvgIpc) is 3.45. The number of nitrogens with one attached hydrogen (secondary N) is 1. The van der Waals surface area contributed by atoms with Gasteiger partial charge in [-0.3, -0.25) is 0 Å². The Morgan fingerprint density at radius 3 is 2.44 bits per heavy atom. The van der Waals surface area contributed by atoms with Gasteiger partial charge in [0.15, 0.2) is 0 Å². The number of fused-ring (bicyclic) bond motifs is 1. The summed E-state index contributed by atoms with van der Waals surface area (Å²) in [6, 6.07) is 8.50. The van der Waals surface area contributed by atoms with Crippen molar-refractivity contribution in [2.75, 3.05) is 24.5 Å². The summed E-state index contributed by atoms with van der Waals surface area (Å²) in [5.74, 6) is 0.781. The molecule has 2 fully saturated rings. The fourth-order valence-corrected chi connectivity index (χ4v) is 7.77. The molecule has 3 aliphatic rings. The first-order valence-corrected chi connectivity index (χ1v) is 14.6. The van der Waals surface area contributed by atoms with Crippen molar-refractivity contribution in [3.05, 3.63) is 48.0 Å². The number of benzene rings is 1. The van der Waals surface area contributed by atoms with Crippen LogP contribution in [0.4, 0.5) is 5.69 Å². The first-order chi connectivity index (χ1) is 16.6. The monoisotopic (exact) mass is 485 g/mol. The van der Waals surface area contributed by atoms with E-state index in [0.29, 0.717) is 32.7 Å². The molecule has 1 atom stereocenters. The highest BCUT2D eigenvalue weighted by Crippen LogP contribution is 2.35. The summed E-state index contributed by atoms with van der Waals surface area (Å²) in [6.45, 7) is 2.98. The van der Waals surface area contributed by atoms with Crippen LogP contribution in [-0.2, 0) is 23.3 Å². The van der Waals surface area contributed by atoms with Crippen molar-refractivity contribution in [3.63, 3.8) is 0 Å². The molecule has 34 heavy (non-hydrogen) atoms. The molecule has 1 aliphatic carbocycles. The molecular weight excluding hydrogens is 446 g/mol. The zero-order valence-electron chi connectivity index (χ0n) is 20.2. The summed E-state index contributed by atoms with van der Waals surface area (Å²) in [5, 5.41) is 0. The minimum atomic E-state index is -3.51. The highest BCUT2D eigenvalue weighted by Gasteiger charge is 2.37. The van der Waals surface area contributed by atoms with Gasteiger partial charge in [-0.2, -0.15) is 17.0 Å². The van der Waals surface area contributed by atoms with Crippen LogP contribution in [0.1, 0.15) is 75.5 Å². The van der Waals surface area contributed by atoms with Gasteiger partial charge in [-0.05, 0) is 43.2 Å². The number of hydrogen-bond donors (Lipinski definition) is 1. The second kappa shape index (κ2) is 10.8. The van der Waals surface area contributed by atoms with Crippen LogP contribution in [0.25, 0.3) is 0 Å². The molecule has 1 saturated carbocycles. The lowest BCUT2D eigenvalue weighted by Gasteiger charge is -2.35. The van der Waals surface area contributed by atoms with Gasteiger partial charge in [0.2, 0.25) is 0 Å². The molecule has 5 rings (SSSR count). The summed E-state index contributed by atoms with van der Waals surface area (Å²) in [5.41, 5.74) is 3.30. The molecule has 2 aliphatic heterocycles. The summed E-state index contributed by atoms with van der Waals surface area (Å²) >= 11 is 0. The molecule has 7 nitrogen and oxygen atoms in total. The van der Waals surface area contributed by atoms with Crippen molar-refractivity contribution in [2.45, 2.75) is 83.3 Å². The number of aromatic nitrogens is 2. The molecule has 8 heteroatoms. The van der Waals surface area contributed by atoms with E-state index in [0.717, 1.165) is 55.0 Å². The molecule has 186 valence electrons. The molecule has 0 radical (unpaired) electrons. The summed E-state index contributed by atoms with van der Waals surface area (Å²) in [6.07, 6.45) is 15.3. The van der Waals surface area contributed by atoms with Gasteiger partial charge in [0.1, 0.15) is 0 Å². The van der Waals surface area contributed by atoms with Crippen molar-refractivity contribution < 1.29 is 8.42 Å². The number of nitrogens with zero attached hydrogens (tertiary/aromatic N) is 4. The minimum absolute atomic E-state index is 0.134. The topological polar surface area (TPSA) is 72.5 Å². The molecule has 0 amide bonds. The Morgan fingerprint density at radius 1 is 0.941 bits per heavy atom. The lowest BCUT2D eigenvalue weighted by atomic mass is 9.97.